The fourth-order valence-electron chi connectivity index (χ4n) is 3.12. The fraction of sp³-hybridized carbons (Fsp3) is 0.600. The van der Waals surface area contributed by atoms with Crippen molar-refractivity contribution in [2.24, 2.45) is 5.41 Å². The van der Waals surface area contributed by atoms with Gasteiger partial charge in [0.25, 0.3) is 0 Å². The molecule has 1 aliphatic carbocycles. The number of halogens is 2. The molecule has 0 aliphatic heterocycles. The van der Waals surface area contributed by atoms with Crippen molar-refractivity contribution >= 4 is 38.7 Å². The van der Waals surface area contributed by atoms with Crippen LogP contribution < -0.4 is 0 Å². The zero-order chi connectivity index (χ0) is 14.3. The summed E-state index contributed by atoms with van der Waals surface area (Å²) in [6, 6.07) is 2.50. The monoisotopic (exact) mass is 355 g/mol. The van der Waals surface area contributed by atoms with Gasteiger partial charge in [-0.15, -0.1) is 11.6 Å². The van der Waals surface area contributed by atoms with E-state index in [0.717, 1.165) is 21.5 Å². The fourth-order valence-corrected chi connectivity index (χ4v) is 3.63. The van der Waals surface area contributed by atoms with E-state index in [1.165, 1.54) is 25.7 Å². The van der Waals surface area contributed by atoms with Gasteiger partial charge in [-0.05, 0) is 53.1 Å². The van der Waals surface area contributed by atoms with Crippen molar-refractivity contribution in [2.45, 2.75) is 51.5 Å². The third-order valence-corrected chi connectivity index (χ3v) is 5.04. The van der Waals surface area contributed by atoms with E-state index >= 15 is 0 Å². The molecule has 108 valence electrons. The van der Waals surface area contributed by atoms with E-state index in [1.54, 1.807) is 0 Å². The molecule has 2 aromatic rings. The Labute approximate surface area is 132 Å². The van der Waals surface area contributed by atoms with Crippen molar-refractivity contribution in [1.82, 2.24) is 14.5 Å². The van der Waals surface area contributed by atoms with E-state index in [9.17, 15) is 0 Å². The second-order valence-electron chi connectivity index (χ2n) is 6.42. The molecule has 2 aromatic heterocycles. The molecule has 0 bridgehead atoms. The van der Waals surface area contributed by atoms with Crippen molar-refractivity contribution in [3.8, 4) is 0 Å². The Morgan fingerprint density at radius 1 is 1.40 bits per heavy atom. The van der Waals surface area contributed by atoms with Gasteiger partial charge in [0.2, 0.25) is 0 Å². The Hall–Kier alpha value is -0.610. The van der Waals surface area contributed by atoms with E-state index in [1.807, 2.05) is 12.3 Å². The number of rotatable bonds is 2. The van der Waals surface area contributed by atoms with Crippen LogP contribution in [0.5, 0.6) is 0 Å². The summed E-state index contributed by atoms with van der Waals surface area (Å²) in [6.07, 6.45) is 6.69. The van der Waals surface area contributed by atoms with Crippen LogP contribution in [0.1, 0.15) is 51.4 Å². The van der Waals surface area contributed by atoms with Crippen LogP contribution in [0.4, 0.5) is 0 Å². The minimum atomic E-state index is 0.438. The van der Waals surface area contributed by atoms with Gasteiger partial charge in [-0.25, -0.2) is 9.97 Å². The standard InChI is InChI=1S/C15H19BrClN3/c1-15(2)5-3-11(4-6-15)20-13(8-17)19-12-7-10(16)9-18-14(12)20/h7,9,11H,3-6,8H2,1-2H3. The summed E-state index contributed by atoms with van der Waals surface area (Å²) in [7, 11) is 0. The SMILES string of the molecule is CC1(C)CCC(n2c(CCl)nc3cc(Br)cnc32)CC1. The molecule has 1 aliphatic rings. The largest absolute Gasteiger partial charge is 0.309 e. The summed E-state index contributed by atoms with van der Waals surface area (Å²) in [5, 5.41) is 0. The van der Waals surface area contributed by atoms with E-state index in [0.29, 0.717) is 17.3 Å². The van der Waals surface area contributed by atoms with Gasteiger partial charge in [-0.2, -0.15) is 0 Å². The summed E-state index contributed by atoms with van der Waals surface area (Å²) in [4.78, 5) is 9.20. The first kappa shape index (κ1) is 14.3. The zero-order valence-corrected chi connectivity index (χ0v) is 14.2. The molecule has 0 saturated heterocycles. The number of aromatic nitrogens is 3. The molecule has 2 heterocycles. The van der Waals surface area contributed by atoms with Crippen molar-refractivity contribution in [1.29, 1.82) is 0 Å². The molecular formula is C15H19BrClN3. The second-order valence-corrected chi connectivity index (χ2v) is 7.61. The Kier molecular flexibility index (Phi) is 3.80. The molecule has 0 N–H and O–H groups in total. The van der Waals surface area contributed by atoms with Crippen LogP contribution in [0.25, 0.3) is 11.2 Å². The number of hydrogen-bond donors (Lipinski definition) is 0. The highest BCUT2D eigenvalue weighted by molar-refractivity contribution is 9.10. The molecular weight excluding hydrogens is 338 g/mol. The van der Waals surface area contributed by atoms with Crippen LogP contribution in [-0.4, -0.2) is 14.5 Å². The molecule has 0 aromatic carbocycles. The highest BCUT2D eigenvalue weighted by atomic mass is 79.9. The maximum absolute atomic E-state index is 6.10. The first-order chi connectivity index (χ1) is 9.50. The summed E-state index contributed by atoms with van der Waals surface area (Å²) in [6.45, 7) is 4.71. The maximum Gasteiger partial charge on any atom is 0.160 e. The minimum absolute atomic E-state index is 0.438. The van der Waals surface area contributed by atoms with E-state index in [4.69, 9.17) is 11.6 Å². The van der Waals surface area contributed by atoms with Gasteiger partial charge >= 0.3 is 0 Å². The first-order valence-corrected chi connectivity index (χ1v) is 8.41. The molecule has 1 fully saturated rings. The number of fused-ring (bicyclic) bond motifs is 1. The topological polar surface area (TPSA) is 30.7 Å². The summed E-state index contributed by atoms with van der Waals surface area (Å²) >= 11 is 9.55. The minimum Gasteiger partial charge on any atom is -0.309 e. The normalized spacial score (nSPS) is 19.6. The highest BCUT2D eigenvalue weighted by Crippen LogP contribution is 2.41. The van der Waals surface area contributed by atoms with Crippen LogP contribution in [0.15, 0.2) is 16.7 Å². The lowest BCUT2D eigenvalue weighted by Crippen LogP contribution is -2.24. The van der Waals surface area contributed by atoms with Gasteiger partial charge in [0.05, 0.1) is 5.88 Å². The lowest BCUT2D eigenvalue weighted by Gasteiger charge is -2.35. The van der Waals surface area contributed by atoms with Crippen molar-refractivity contribution in [3.05, 3.63) is 22.6 Å². The van der Waals surface area contributed by atoms with Gasteiger partial charge in [0.15, 0.2) is 5.65 Å². The maximum atomic E-state index is 6.10. The summed E-state index contributed by atoms with van der Waals surface area (Å²) in [5.41, 5.74) is 2.36. The molecule has 5 heteroatoms. The molecule has 0 radical (unpaired) electrons. The van der Waals surface area contributed by atoms with Gasteiger partial charge in [0.1, 0.15) is 11.3 Å². The quantitative estimate of drug-likeness (QED) is 0.703. The molecule has 0 unspecified atom stereocenters. The number of alkyl halides is 1. The van der Waals surface area contributed by atoms with E-state index < -0.39 is 0 Å². The van der Waals surface area contributed by atoms with Crippen molar-refractivity contribution in [3.63, 3.8) is 0 Å². The number of imidazole rings is 1. The zero-order valence-electron chi connectivity index (χ0n) is 11.9. The average Bonchev–Trinajstić information content (AvgIpc) is 2.76. The van der Waals surface area contributed by atoms with Crippen LogP contribution in [-0.2, 0) is 5.88 Å². The smallest absolute Gasteiger partial charge is 0.160 e. The van der Waals surface area contributed by atoms with Gasteiger partial charge < -0.3 is 4.57 Å². The second kappa shape index (κ2) is 5.30. The predicted molar refractivity (Wildman–Crippen MR) is 86.1 cm³/mol. The molecule has 20 heavy (non-hydrogen) atoms. The van der Waals surface area contributed by atoms with Gasteiger partial charge in [-0.1, -0.05) is 13.8 Å². The average molecular weight is 357 g/mol. The number of pyridine rings is 1. The Bertz CT molecular complexity index is 625. The molecule has 0 amide bonds. The Morgan fingerprint density at radius 3 is 2.75 bits per heavy atom. The highest BCUT2D eigenvalue weighted by Gasteiger charge is 2.29. The number of hydrogen-bond acceptors (Lipinski definition) is 2. The van der Waals surface area contributed by atoms with Crippen molar-refractivity contribution in [2.75, 3.05) is 0 Å². The van der Waals surface area contributed by atoms with E-state index in [2.05, 4.69) is 44.3 Å². The molecule has 3 nitrogen and oxygen atoms in total. The predicted octanol–water partition coefficient (Wildman–Crippen LogP) is 5.07. The molecule has 1 saturated carbocycles. The van der Waals surface area contributed by atoms with E-state index in [-0.39, 0.29) is 0 Å². The van der Waals surface area contributed by atoms with Crippen LogP contribution >= 0.6 is 27.5 Å². The first-order valence-electron chi connectivity index (χ1n) is 7.08. The Balaban J connectivity index is 2.02. The lowest BCUT2D eigenvalue weighted by atomic mass is 9.75. The Morgan fingerprint density at radius 2 is 2.10 bits per heavy atom. The molecule has 3 rings (SSSR count). The molecule has 0 atom stereocenters. The summed E-state index contributed by atoms with van der Waals surface area (Å²) < 4.78 is 3.23. The van der Waals surface area contributed by atoms with Gasteiger partial charge in [-0.3, -0.25) is 0 Å². The molecule has 0 spiro atoms. The lowest BCUT2D eigenvalue weighted by molar-refractivity contribution is 0.194. The number of nitrogens with zero attached hydrogens (tertiary/aromatic N) is 3. The summed E-state index contributed by atoms with van der Waals surface area (Å²) in [5.74, 6) is 1.38. The third kappa shape index (κ3) is 2.60. The van der Waals surface area contributed by atoms with Crippen molar-refractivity contribution < 1.29 is 0 Å². The van der Waals surface area contributed by atoms with Gasteiger partial charge in [0, 0.05) is 16.7 Å². The van der Waals surface area contributed by atoms with Crippen LogP contribution in [0.3, 0.4) is 0 Å². The van der Waals surface area contributed by atoms with Crippen LogP contribution in [0, 0.1) is 5.41 Å². The van der Waals surface area contributed by atoms with Crippen LogP contribution in [0.2, 0.25) is 0 Å². The third-order valence-electron chi connectivity index (χ3n) is 4.36.